The molecule has 0 amide bonds. The number of ether oxygens (including phenoxy) is 1. The second-order valence-electron chi connectivity index (χ2n) is 5.88. The van der Waals surface area contributed by atoms with Crippen LogP contribution in [0.25, 0.3) is 0 Å². The van der Waals surface area contributed by atoms with Crippen LogP contribution in [0.4, 0.5) is 5.82 Å². The number of pyridine rings is 2. The van der Waals surface area contributed by atoms with Gasteiger partial charge in [-0.05, 0) is 43.9 Å². The quantitative estimate of drug-likeness (QED) is 0.869. The molecular formula is C18H20N4O. The van der Waals surface area contributed by atoms with Crippen molar-refractivity contribution in [3.63, 3.8) is 0 Å². The van der Waals surface area contributed by atoms with Crippen molar-refractivity contribution in [1.29, 1.82) is 5.26 Å². The van der Waals surface area contributed by atoms with E-state index in [9.17, 15) is 0 Å². The maximum Gasteiger partial charge on any atom is 0.216 e. The molecule has 0 unspecified atom stereocenters. The summed E-state index contributed by atoms with van der Waals surface area (Å²) >= 11 is 0. The number of hydrogen-bond acceptors (Lipinski definition) is 5. The molecule has 1 saturated heterocycles. The van der Waals surface area contributed by atoms with Gasteiger partial charge in [0.15, 0.2) is 0 Å². The lowest BCUT2D eigenvalue weighted by molar-refractivity contribution is 0.214. The van der Waals surface area contributed by atoms with Crippen LogP contribution in [0.3, 0.4) is 0 Å². The summed E-state index contributed by atoms with van der Waals surface area (Å²) in [5.41, 5.74) is 1.73. The van der Waals surface area contributed by atoms with Gasteiger partial charge in [0.05, 0.1) is 18.2 Å². The summed E-state index contributed by atoms with van der Waals surface area (Å²) in [7, 11) is 0. The van der Waals surface area contributed by atoms with Gasteiger partial charge in [-0.1, -0.05) is 6.07 Å². The molecule has 2 aromatic rings. The highest BCUT2D eigenvalue weighted by molar-refractivity contribution is 5.45. The van der Waals surface area contributed by atoms with Crippen LogP contribution in [0, 0.1) is 24.2 Å². The summed E-state index contributed by atoms with van der Waals surface area (Å²) < 4.78 is 5.87. The highest BCUT2D eigenvalue weighted by atomic mass is 16.5. The van der Waals surface area contributed by atoms with E-state index in [1.54, 1.807) is 18.5 Å². The fourth-order valence-corrected chi connectivity index (χ4v) is 2.81. The molecule has 0 aliphatic carbocycles. The molecule has 1 fully saturated rings. The van der Waals surface area contributed by atoms with Crippen LogP contribution >= 0.6 is 0 Å². The minimum absolute atomic E-state index is 0.534. The summed E-state index contributed by atoms with van der Waals surface area (Å²) in [4.78, 5) is 10.9. The molecular weight excluding hydrogens is 288 g/mol. The molecule has 1 aliphatic heterocycles. The SMILES string of the molecule is Cc1cccnc1OCC1CCN(c2cc(C#N)ccn2)CC1. The van der Waals surface area contributed by atoms with Gasteiger partial charge in [0.25, 0.3) is 0 Å². The van der Waals surface area contributed by atoms with E-state index in [2.05, 4.69) is 20.9 Å². The molecule has 0 atom stereocenters. The van der Waals surface area contributed by atoms with Crippen molar-refractivity contribution in [2.45, 2.75) is 19.8 Å². The zero-order chi connectivity index (χ0) is 16.1. The Bertz CT molecular complexity index is 702. The highest BCUT2D eigenvalue weighted by Gasteiger charge is 2.21. The summed E-state index contributed by atoms with van der Waals surface area (Å²) in [5.74, 6) is 2.16. The minimum Gasteiger partial charge on any atom is -0.477 e. The fraction of sp³-hybridized carbons (Fsp3) is 0.389. The van der Waals surface area contributed by atoms with Crippen LogP contribution in [0.15, 0.2) is 36.7 Å². The monoisotopic (exact) mass is 308 g/mol. The molecule has 0 bridgehead atoms. The molecule has 1 aliphatic rings. The molecule has 118 valence electrons. The first kappa shape index (κ1) is 15.3. The Kier molecular flexibility index (Phi) is 4.72. The van der Waals surface area contributed by atoms with E-state index in [0.29, 0.717) is 18.1 Å². The topological polar surface area (TPSA) is 62.0 Å². The summed E-state index contributed by atoms with van der Waals surface area (Å²) in [6, 6.07) is 9.69. The molecule has 0 aromatic carbocycles. The molecule has 3 rings (SSSR count). The van der Waals surface area contributed by atoms with Crippen molar-refractivity contribution < 1.29 is 4.74 Å². The van der Waals surface area contributed by atoms with Gasteiger partial charge in [0, 0.05) is 31.0 Å². The van der Waals surface area contributed by atoms with Crippen molar-refractivity contribution in [3.8, 4) is 11.9 Å². The Morgan fingerprint density at radius 1 is 1.26 bits per heavy atom. The first-order valence-electron chi connectivity index (χ1n) is 7.92. The molecule has 23 heavy (non-hydrogen) atoms. The molecule has 0 spiro atoms. The first-order valence-corrected chi connectivity index (χ1v) is 7.92. The van der Waals surface area contributed by atoms with Crippen molar-refractivity contribution in [2.24, 2.45) is 5.92 Å². The number of rotatable bonds is 4. The zero-order valence-corrected chi connectivity index (χ0v) is 13.3. The van der Waals surface area contributed by atoms with Crippen LogP contribution in [0.1, 0.15) is 24.0 Å². The van der Waals surface area contributed by atoms with Gasteiger partial charge < -0.3 is 9.64 Å². The van der Waals surface area contributed by atoms with Crippen molar-refractivity contribution in [3.05, 3.63) is 47.8 Å². The predicted molar refractivity (Wildman–Crippen MR) is 88.4 cm³/mol. The lowest BCUT2D eigenvalue weighted by Crippen LogP contribution is -2.36. The lowest BCUT2D eigenvalue weighted by atomic mass is 9.98. The van der Waals surface area contributed by atoms with Crippen molar-refractivity contribution in [1.82, 2.24) is 9.97 Å². The number of nitriles is 1. The highest BCUT2D eigenvalue weighted by Crippen LogP contribution is 2.23. The third-order valence-electron chi connectivity index (χ3n) is 4.23. The minimum atomic E-state index is 0.534. The molecule has 2 aromatic heterocycles. The summed E-state index contributed by atoms with van der Waals surface area (Å²) in [6.45, 7) is 4.60. The molecule has 0 radical (unpaired) electrons. The lowest BCUT2D eigenvalue weighted by Gasteiger charge is -2.32. The second-order valence-corrected chi connectivity index (χ2v) is 5.88. The largest absolute Gasteiger partial charge is 0.477 e. The Labute approximate surface area is 136 Å². The fourth-order valence-electron chi connectivity index (χ4n) is 2.81. The normalized spacial score (nSPS) is 15.2. The van der Waals surface area contributed by atoms with E-state index in [4.69, 9.17) is 10.00 Å². The Morgan fingerprint density at radius 2 is 2.09 bits per heavy atom. The predicted octanol–water partition coefficient (Wildman–Crippen LogP) is 2.95. The average Bonchev–Trinajstić information content (AvgIpc) is 2.61. The van der Waals surface area contributed by atoms with Gasteiger partial charge in [0.1, 0.15) is 5.82 Å². The smallest absolute Gasteiger partial charge is 0.216 e. The van der Waals surface area contributed by atoms with Crippen molar-refractivity contribution >= 4 is 5.82 Å². The Morgan fingerprint density at radius 3 is 2.83 bits per heavy atom. The summed E-state index contributed by atoms with van der Waals surface area (Å²) in [6.07, 6.45) is 5.58. The van der Waals surface area contributed by atoms with E-state index < -0.39 is 0 Å². The molecule has 3 heterocycles. The van der Waals surface area contributed by atoms with Crippen LogP contribution in [-0.2, 0) is 0 Å². The molecule has 5 heteroatoms. The second kappa shape index (κ2) is 7.10. The van der Waals surface area contributed by atoms with Gasteiger partial charge in [-0.3, -0.25) is 0 Å². The van der Waals surface area contributed by atoms with E-state index in [0.717, 1.165) is 43.2 Å². The van der Waals surface area contributed by atoms with Crippen LogP contribution < -0.4 is 9.64 Å². The van der Waals surface area contributed by atoms with Gasteiger partial charge in [-0.25, -0.2) is 9.97 Å². The number of hydrogen-bond donors (Lipinski definition) is 0. The third-order valence-corrected chi connectivity index (χ3v) is 4.23. The standard InChI is InChI=1S/C18H20N4O/c1-14-3-2-7-21-18(14)23-13-15-5-9-22(10-6-15)17-11-16(12-19)4-8-20-17/h2-4,7-8,11,15H,5-6,9-10,13H2,1H3. The number of anilines is 1. The number of aromatic nitrogens is 2. The van der Waals surface area contributed by atoms with Gasteiger partial charge in [-0.2, -0.15) is 5.26 Å². The zero-order valence-electron chi connectivity index (χ0n) is 13.3. The maximum atomic E-state index is 8.98. The molecule has 5 nitrogen and oxygen atoms in total. The van der Waals surface area contributed by atoms with Gasteiger partial charge in [-0.15, -0.1) is 0 Å². The third kappa shape index (κ3) is 3.78. The van der Waals surface area contributed by atoms with E-state index in [1.165, 1.54) is 0 Å². The van der Waals surface area contributed by atoms with E-state index in [1.807, 2.05) is 25.1 Å². The van der Waals surface area contributed by atoms with Crippen LogP contribution in [0.5, 0.6) is 5.88 Å². The summed E-state index contributed by atoms with van der Waals surface area (Å²) in [5, 5.41) is 8.98. The van der Waals surface area contributed by atoms with Crippen molar-refractivity contribution in [2.75, 3.05) is 24.6 Å². The maximum absolute atomic E-state index is 8.98. The van der Waals surface area contributed by atoms with Crippen LogP contribution in [-0.4, -0.2) is 29.7 Å². The Hall–Kier alpha value is -2.61. The van der Waals surface area contributed by atoms with E-state index in [-0.39, 0.29) is 0 Å². The van der Waals surface area contributed by atoms with E-state index >= 15 is 0 Å². The first-order chi connectivity index (χ1) is 11.3. The average molecular weight is 308 g/mol. The Balaban J connectivity index is 1.52. The molecule has 0 N–H and O–H groups in total. The number of nitrogens with zero attached hydrogens (tertiary/aromatic N) is 4. The molecule has 0 saturated carbocycles. The van der Waals surface area contributed by atoms with Gasteiger partial charge >= 0.3 is 0 Å². The number of piperidine rings is 1. The van der Waals surface area contributed by atoms with Crippen LogP contribution in [0.2, 0.25) is 0 Å². The van der Waals surface area contributed by atoms with Gasteiger partial charge in [0.2, 0.25) is 5.88 Å². The number of aryl methyl sites for hydroxylation is 1.